The number of carbonyl (C=O) groups is 1. The Labute approximate surface area is 194 Å². The summed E-state index contributed by atoms with van der Waals surface area (Å²) in [6, 6.07) is 9.60. The van der Waals surface area contributed by atoms with Gasteiger partial charge in [-0.25, -0.2) is 9.78 Å². The predicted octanol–water partition coefficient (Wildman–Crippen LogP) is 3.85. The number of benzene rings is 1. The molecule has 2 fully saturated rings. The molecule has 0 radical (unpaired) electrons. The van der Waals surface area contributed by atoms with Crippen molar-refractivity contribution >= 4 is 17.1 Å². The Morgan fingerprint density at radius 2 is 1.82 bits per heavy atom. The second-order valence-corrected chi connectivity index (χ2v) is 9.68. The Hall–Kier alpha value is -2.93. The van der Waals surface area contributed by atoms with Gasteiger partial charge in [-0.15, -0.1) is 0 Å². The molecule has 2 aliphatic rings. The first-order valence-electron chi connectivity index (χ1n) is 12.2. The van der Waals surface area contributed by atoms with Gasteiger partial charge in [0.05, 0.1) is 5.52 Å². The number of hydrogen-bond donors (Lipinski definition) is 2. The standard InChI is InChI=1S/C26H33N5O2/c1-30-22-16-21(17-27-23(22)29-25(30)33)19-9-8-10-20(15-19)24(32)28-18-26(11-4-2-5-12-26)31-13-6-3-7-14-31/h8-10,15-17H,2-7,11-14,18H2,1H3,(H,28,32)(H,27,29,33). The third-order valence-corrected chi connectivity index (χ3v) is 7.61. The SMILES string of the molecule is Cn1c(=O)[nH]c2ncc(-c3cccc(C(=O)NCC4(N5CCCCC5)CCCCC4)c3)cc21. The van der Waals surface area contributed by atoms with E-state index in [0.717, 1.165) is 36.3 Å². The van der Waals surface area contributed by atoms with Gasteiger partial charge in [0.25, 0.3) is 5.91 Å². The minimum Gasteiger partial charge on any atom is -0.350 e. The van der Waals surface area contributed by atoms with Crippen molar-refractivity contribution in [3.63, 3.8) is 0 Å². The number of pyridine rings is 1. The molecule has 1 aliphatic heterocycles. The van der Waals surface area contributed by atoms with Crippen LogP contribution in [0.25, 0.3) is 22.3 Å². The van der Waals surface area contributed by atoms with Crippen LogP contribution in [-0.2, 0) is 7.05 Å². The lowest BCUT2D eigenvalue weighted by Crippen LogP contribution is -2.58. The summed E-state index contributed by atoms with van der Waals surface area (Å²) in [6.07, 6.45) is 11.7. The molecule has 1 amide bonds. The van der Waals surface area contributed by atoms with E-state index in [1.807, 2.05) is 30.3 Å². The zero-order valence-electron chi connectivity index (χ0n) is 19.4. The molecule has 2 aromatic heterocycles. The third kappa shape index (κ3) is 4.34. The summed E-state index contributed by atoms with van der Waals surface area (Å²) in [6.45, 7) is 3.03. The Morgan fingerprint density at radius 3 is 2.61 bits per heavy atom. The quantitative estimate of drug-likeness (QED) is 0.622. The van der Waals surface area contributed by atoms with Gasteiger partial charge in [-0.3, -0.25) is 19.2 Å². The summed E-state index contributed by atoms with van der Waals surface area (Å²) in [5.74, 6) is -0.0260. The van der Waals surface area contributed by atoms with E-state index in [2.05, 4.69) is 20.2 Å². The van der Waals surface area contributed by atoms with Crippen LogP contribution in [0.15, 0.2) is 41.3 Å². The molecular weight excluding hydrogens is 414 g/mol. The fourth-order valence-electron chi connectivity index (χ4n) is 5.63. The number of aromatic nitrogens is 3. The number of hydrogen-bond acceptors (Lipinski definition) is 4. The topological polar surface area (TPSA) is 83.0 Å². The molecule has 5 rings (SSSR count). The van der Waals surface area contributed by atoms with Gasteiger partial charge in [-0.05, 0) is 62.5 Å². The van der Waals surface area contributed by atoms with Crippen LogP contribution in [0.1, 0.15) is 61.7 Å². The number of aromatic amines is 1. The van der Waals surface area contributed by atoms with Crippen LogP contribution in [0.2, 0.25) is 0 Å². The van der Waals surface area contributed by atoms with Crippen molar-refractivity contribution in [1.29, 1.82) is 0 Å². The molecule has 1 aliphatic carbocycles. The zero-order valence-corrected chi connectivity index (χ0v) is 19.4. The number of nitrogens with zero attached hydrogens (tertiary/aromatic N) is 3. The van der Waals surface area contributed by atoms with E-state index in [9.17, 15) is 9.59 Å². The van der Waals surface area contributed by atoms with Crippen LogP contribution in [0.4, 0.5) is 0 Å². The van der Waals surface area contributed by atoms with Crippen molar-refractivity contribution in [3.8, 4) is 11.1 Å². The molecule has 1 saturated carbocycles. The van der Waals surface area contributed by atoms with E-state index in [4.69, 9.17) is 0 Å². The summed E-state index contributed by atoms with van der Waals surface area (Å²) in [7, 11) is 1.72. The molecule has 174 valence electrons. The largest absolute Gasteiger partial charge is 0.350 e. The van der Waals surface area contributed by atoms with Gasteiger partial charge < -0.3 is 5.32 Å². The number of nitrogens with one attached hydrogen (secondary N) is 2. The lowest BCUT2D eigenvalue weighted by molar-refractivity contribution is 0.0326. The number of H-pyrrole nitrogens is 1. The van der Waals surface area contributed by atoms with Crippen molar-refractivity contribution in [1.82, 2.24) is 24.8 Å². The van der Waals surface area contributed by atoms with E-state index < -0.39 is 0 Å². The summed E-state index contributed by atoms with van der Waals surface area (Å²) >= 11 is 0. The molecular formula is C26H33N5O2. The number of carbonyl (C=O) groups excluding carboxylic acids is 1. The monoisotopic (exact) mass is 447 g/mol. The lowest BCUT2D eigenvalue weighted by Gasteiger charge is -2.48. The maximum atomic E-state index is 13.2. The molecule has 7 heteroatoms. The molecule has 33 heavy (non-hydrogen) atoms. The van der Waals surface area contributed by atoms with Gasteiger partial charge in [0.15, 0.2) is 5.65 Å². The van der Waals surface area contributed by atoms with Crippen molar-refractivity contribution in [3.05, 3.63) is 52.6 Å². The predicted molar refractivity (Wildman–Crippen MR) is 130 cm³/mol. The number of imidazole rings is 1. The van der Waals surface area contributed by atoms with Crippen molar-refractivity contribution in [2.24, 2.45) is 7.05 Å². The maximum absolute atomic E-state index is 13.2. The van der Waals surface area contributed by atoms with E-state index in [1.165, 1.54) is 51.4 Å². The van der Waals surface area contributed by atoms with Crippen molar-refractivity contribution < 1.29 is 4.79 Å². The molecule has 2 N–H and O–H groups in total. The van der Waals surface area contributed by atoms with Crippen molar-refractivity contribution in [2.45, 2.75) is 56.9 Å². The Bertz CT molecular complexity index is 1200. The average Bonchev–Trinajstić information content (AvgIpc) is 3.16. The van der Waals surface area contributed by atoms with Gasteiger partial charge in [-0.2, -0.15) is 0 Å². The van der Waals surface area contributed by atoms with E-state index in [-0.39, 0.29) is 17.1 Å². The summed E-state index contributed by atoms with van der Waals surface area (Å²) in [5, 5.41) is 3.28. The van der Waals surface area contributed by atoms with Gasteiger partial charge in [0.2, 0.25) is 0 Å². The average molecular weight is 448 g/mol. The van der Waals surface area contributed by atoms with Crippen LogP contribution in [0, 0.1) is 0 Å². The number of likely N-dealkylation sites (tertiary alicyclic amines) is 1. The van der Waals surface area contributed by atoms with Crippen LogP contribution in [0.3, 0.4) is 0 Å². The number of amides is 1. The molecule has 3 heterocycles. The molecule has 0 spiro atoms. The minimum absolute atomic E-state index is 0.0260. The number of piperidine rings is 1. The summed E-state index contributed by atoms with van der Waals surface area (Å²) in [5.41, 5.74) is 3.68. The second-order valence-electron chi connectivity index (χ2n) is 9.68. The smallest absolute Gasteiger partial charge is 0.327 e. The van der Waals surface area contributed by atoms with Crippen LogP contribution in [0.5, 0.6) is 0 Å². The summed E-state index contributed by atoms with van der Waals surface area (Å²) in [4.78, 5) is 34.8. The van der Waals surface area contributed by atoms with Gasteiger partial charge in [-0.1, -0.05) is 37.8 Å². The van der Waals surface area contributed by atoms with Gasteiger partial charge >= 0.3 is 5.69 Å². The minimum atomic E-state index is -0.187. The molecule has 0 bridgehead atoms. The first kappa shape index (κ1) is 21.9. The molecule has 1 saturated heterocycles. The highest BCUT2D eigenvalue weighted by Crippen LogP contribution is 2.35. The maximum Gasteiger partial charge on any atom is 0.327 e. The number of rotatable bonds is 5. The molecule has 7 nitrogen and oxygen atoms in total. The highest BCUT2D eigenvalue weighted by molar-refractivity contribution is 5.95. The lowest BCUT2D eigenvalue weighted by atomic mass is 9.79. The third-order valence-electron chi connectivity index (χ3n) is 7.61. The van der Waals surface area contributed by atoms with Gasteiger partial charge in [0, 0.05) is 36.5 Å². The van der Waals surface area contributed by atoms with Gasteiger partial charge in [0.1, 0.15) is 0 Å². The van der Waals surface area contributed by atoms with Crippen LogP contribution >= 0.6 is 0 Å². The number of aryl methyl sites for hydroxylation is 1. The molecule has 0 unspecified atom stereocenters. The molecule has 3 aromatic rings. The zero-order chi connectivity index (χ0) is 22.8. The van der Waals surface area contributed by atoms with Crippen LogP contribution in [-0.4, -0.2) is 50.5 Å². The van der Waals surface area contributed by atoms with Crippen molar-refractivity contribution in [2.75, 3.05) is 19.6 Å². The second kappa shape index (κ2) is 9.14. The normalized spacial score (nSPS) is 18.9. The fraction of sp³-hybridized carbons (Fsp3) is 0.500. The number of fused-ring (bicyclic) bond motifs is 1. The van der Waals surface area contributed by atoms with Crippen LogP contribution < -0.4 is 11.0 Å². The molecule has 0 atom stereocenters. The summed E-state index contributed by atoms with van der Waals surface area (Å²) < 4.78 is 1.55. The van der Waals surface area contributed by atoms with E-state index >= 15 is 0 Å². The van der Waals surface area contributed by atoms with E-state index in [0.29, 0.717) is 11.2 Å². The highest BCUT2D eigenvalue weighted by atomic mass is 16.2. The highest BCUT2D eigenvalue weighted by Gasteiger charge is 2.38. The first-order valence-corrected chi connectivity index (χ1v) is 12.2. The first-order chi connectivity index (χ1) is 16.1. The Kier molecular flexibility index (Phi) is 6.06. The molecule has 1 aromatic carbocycles. The van der Waals surface area contributed by atoms with E-state index in [1.54, 1.807) is 17.8 Å². The fourth-order valence-corrected chi connectivity index (χ4v) is 5.63. The Balaban J connectivity index is 1.34. The Morgan fingerprint density at radius 1 is 1.06 bits per heavy atom.